The number of unbranched alkanes of at least 4 members (excludes halogenated alkanes) is 1. The van der Waals surface area contributed by atoms with Crippen molar-refractivity contribution in [1.82, 2.24) is 14.5 Å². The van der Waals surface area contributed by atoms with Gasteiger partial charge >= 0.3 is 0 Å². The average Bonchev–Trinajstić information content (AvgIpc) is 2.79. The summed E-state index contributed by atoms with van der Waals surface area (Å²) in [6.07, 6.45) is 5.30. The Kier molecular flexibility index (Phi) is 8.11. The summed E-state index contributed by atoms with van der Waals surface area (Å²) in [5.41, 5.74) is 0.457. The number of hydrogen-bond donors (Lipinski definition) is 1. The van der Waals surface area contributed by atoms with Crippen LogP contribution in [0, 0.1) is 11.8 Å². The SMILES string of the molecule is CCCCNC(=O)C1CCCN(C(=O)c2ccc(S(=O)(=O)N3CCC(C)CC3)cc2)C1. The van der Waals surface area contributed by atoms with Gasteiger partial charge in [0, 0.05) is 38.3 Å². The normalized spacial score (nSPS) is 21.1. The summed E-state index contributed by atoms with van der Waals surface area (Å²) in [7, 11) is -3.53. The number of sulfonamides is 1. The molecule has 2 amide bonds. The first-order valence-electron chi connectivity index (χ1n) is 11.5. The number of hydrogen-bond acceptors (Lipinski definition) is 4. The van der Waals surface area contributed by atoms with Crippen LogP contribution in [-0.4, -0.2) is 62.2 Å². The number of nitrogens with one attached hydrogen (secondary N) is 1. The van der Waals surface area contributed by atoms with E-state index in [9.17, 15) is 18.0 Å². The first-order valence-corrected chi connectivity index (χ1v) is 12.9. The molecule has 0 aromatic heterocycles. The average molecular weight is 450 g/mol. The van der Waals surface area contributed by atoms with Crippen LogP contribution in [0.15, 0.2) is 29.2 Å². The van der Waals surface area contributed by atoms with E-state index in [4.69, 9.17) is 0 Å². The molecule has 0 aliphatic carbocycles. The molecular formula is C23H35N3O4S. The summed E-state index contributed by atoms with van der Waals surface area (Å²) >= 11 is 0. The second kappa shape index (κ2) is 10.6. The minimum Gasteiger partial charge on any atom is -0.356 e. The molecule has 1 aromatic rings. The number of carbonyl (C=O) groups is 2. The van der Waals surface area contributed by atoms with E-state index >= 15 is 0 Å². The monoisotopic (exact) mass is 449 g/mol. The molecule has 31 heavy (non-hydrogen) atoms. The van der Waals surface area contributed by atoms with Crippen LogP contribution in [0.5, 0.6) is 0 Å². The van der Waals surface area contributed by atoms with Crippen LogP contribution < -0.4 is 5.32 Å². The molecule has 0 radical (unpaired) electrons. The topological polar surface area (TPSA) is 86.8 Å². The molecule has 2 heterocycles. The Balaban J connectivity index is 1.62. The third kappa shape index (κ3) is 5.86. The zero-order valence-corrected chi connectivity index (χ0v) is 19.5. The smallest absolute Gasteiger partial charge is 0.253 e. The quantitative estimate of drug-likeness (QED) is 0.649. The minimum atomic E-state index is -3.53. The second-order valence-electron chi connectivity index (χ2n) is 8.85. The number of amides is 2. The van der Waals surface area contributed by atoms with E-state index in [0.29, 0.717) is 44.2 Å². The Hall–Kier alpha value is -1.93. The summed E-state index contributed by atoms with van der Waals surface area (Å²) in [6.45, 7) is 7.00. The van der Waals surface area contributed by atoms with Crippen LogP contribution in [0.25, 0.3) is 0 Å². The van der Waals surface area contributed by atoms with E-state index in [1.807, 2.05) is 0 Å². The van der Waals surface area contributed by atoms with Crippen molar-refractivity contribution in [3.8, 4) is 0 Å². The summed E-state index contributed by atoms with van der Waals surface area (Å²) in [5.74, 6) is 0.231. The Morgan fingerprint density at radius 2 is 1.74 bits per heavy atom. The van der Waals surface area contributed by atoms with Crippen molar-refractivity contribution in [2.24, 2.45) is 11.8 Å². The van der Waals surface area contributed by atoms with E-state index in [-0.39, 0.29) is 22.6 Å². The van der Waals surface area contributed by atoms with Crippen molar-refractivity contribution in [2.45, 2.75) is 57.3 Å². The maximum atomic E-state index is 13.0. The van der Waals surface area contributed by atoms with E-state index in [1.54, 1.807) is 17.0 Å². The third-order valence-corrected chi connectivity index (χ3v) is 8.30. The Morgan fingerprint density at radius 3 is 2.39 bits per heavy atom. The number of piperidine rings is 2. The van der Waals surface area contributed by atoms with Crippen molar-refractivity contribution in [1.29, 1.82) is 0 Å². The van der Waals surface area contributed by atoms with Crippen molar-refractivity contribution < 1.29 is 18.0 Å². The first kappa shape index (κ1) is 23.7. The van der Waals surface area contributed by atoms with Gasteiger partial charge in [-0.3, -0.25) is 9.59 Å². The van der Waals surface area contributed by atoms with E-state index < -0.39 is 10.0 Å². The summed E-state index contributed by atoms with van der Waals surface area (Å²) in [5, 5.41) is 2.96. The largest absolute Gasteiger partial charge is 0.356 e. The molecule has 1 unspecified atom stereocenters. The highest BCUT2D eigenvalue weighted by atomic mass is 32.2. The fourth-order valence-corrected chi connectivity index (χ4v) is 5.70. The predicted octanol–water partition coefficient (Wildman–Crippen LogP) is 2.88. The van der Waals surface area contributed by atoms with E-state index in [0.717, 1.165) is 38.5 Å². The Bertz CT molecular complexity index is 861. The highest BCUT2D eigenvalue weighted by Gasteiger charge is 2.30. The summed E-state index contributed by atoms with van der Waals surface area (Å²) < 4.78 is 27.3. The maximum absolute atomic E-state index is 13.0. The van der Waals surface area contributed by atoms with E-state index in [1.165, 1.54) is 16.4 Å². The molecule has 1 atom stereocenters. The van der Waals surface area contributed by atoms with Crippen molar-refractivity contribution in [2.75, 3.05) is 32.7 Å². The lowest BCUT2D eigenvalue weighted by molar-refractivity contribution is -0.126. The van der Waals surface area contributed by atoms with Gasteiger partial charge in [0.05, 0.1) is 10.8 Å². The molecule has 2 fully saturated rings. The lowest BCUT2D eigenvalue weighted by Gasteiger charge is -2.32. The van der Waals surface area contributed by atoms with Crippen molar-refractivity contribution in [3.05, 3.63) is 29.8 Å². The molecule has 172 valence electrons. The molecule has 2 saturated heterocycles. The third-order valence-electron chi connectivity index (χ3n) is 6.39. The minimum absolute atomic E-state index is 0.0169. The lowest BCUT2D eigenvalue weighted by atomic mass is 9.96. The zero-order chi connectivity index (χ0) is 22.4. The number of likely N-dealkylation sites (tertiary alicyclic amines) is 1. The van der Waals surface area contributed by atoms with Crippen molar-refractivity contribution in [3.63, 3.8) is 0 Å². The van der Waals surface area contributed by atoms with Gasteiger partial charge in [-0.05, 0) is 62.3 Å². The molecule has 0 bridgehead atoms. The molecule has 0 spiro atoms. The van der Waals surface area contributed by atoms with Crippen LogP contribution in [0.3, 0.4) is 0 Å². The fraction of sp³-hybridized carbons (Fsp3) is 0.652. The van der Waals surface area contributed by atoms with Gasteiger partial charge in [-0.2, -0.15) is 4.31 Å². The van der Waals surface area contributed by atoms with Crippen LogP contribution in [-0.2, 0) is 14.8 Å². The van der Waals surface area contributed by atoms with Gasteiger partial charge in [-0.25, -0.2) is 8.42 Å². The van der Waals surface area contributed by atoms with E-state index in [2.05, 4.69) is 19.2 Å². The Morgan fingerprint density at radius 1 is 1.06 bits per heavy atom. The number of nitrogens with zero attached hydrogens (tertiary/aromatic N) is 2. The molecule has 2 aliphatic rings. The molecular weight excluding hydrogens is 414 g/mol. The highest BCUT2D eigenvalue weighted by Crippen LogP contribution is 2.24. The Labute approximate surface area is 186 Å². The lowest BCUT2D eigenvalue weighted by Crippen LogP contribution is -2.45. The number of rotatable bonds is 7. The van der Waals surface area contributed by atoms with Gasteiger partial charge in [0.2, 0.25) is 15.9 Å². The first-order chi connectivity index (χ1) is 14.8. The van der Waals surface area contributed by atoms with Gasteiger partial charge < -0.3 is 10.2 Å². The summed E-state index contributed by atoms with van der Waals surface area (Å²) in [6, 6.07) is 6.23. The van der Waals surface area contributed by atoms with Crippen LogP contribution >= 0.6 is 0 Å². The predicted molar refractivity (Wildman–Crippen MR) is 120 cm³/mol. The summed E-state index contributed by atoms with van der Waals surface area (Å²) in [4.78, 5) is 27.3. The van der Waals surface area contributed by atoms with Gasteiger partial charge in [0.15, 0.2) is 0 Å². The maximum Gasteiger partial charge on any atom is 0.253 e. The van der Waals surface area contributed by atoms with Crippen LogP contribution in [0.2, 0.25) is 0 Å². The highest BCUT2D eigenvalue weighted by molar-refractivity contribution is 7.89. The molecule has 0 saturated carbocycles. The second-order valence-corrected chi connectivity index (χ2v) is 10.8. The molecule has 1 aromatic carbocycles. The molecule has 8 heteroatoms. The molecule has 2 aliphatic heterocycles. The number of carbonyl (C=O) groups excluding carboxylic acids is 2. The van der Waals surface area contributed by atoms with Crippen molar-refractivity contribution >= 4 is 21.8 Å². The fourth-order valence-electron chi connectivity index (χ4n) is 4.23. The van der Waals surface area contributed by atoms with Crippen LogP contribution in [0.4, 0.5) is 0 Å². The molecule has 7 nitrogen and oxygen atoms in total. The van der Waals surface area contributed by atoms with Gasteiger partial charge in [0.25, 0.3) is 5.91 Å². The van der Waals surface area contributed by atoms with Gasteiger partial charge in [-0.15, -0.1) is 0 Å². The zero-order valence-electron chi connectivity index (χ0n) is 18.7. The van der Waals surface area contributed by atoms with Gasteiger partial charge in [-0.1, -0.05) is 20.3 Å². The van der Waals surface area contributed by atoms with Crippen LogP contribution in [0.1, 0.15) is 62.7 Å². The van der Waals surface area contributed by atoms with Gasteiger partial charge in [0.1, 0.15) is 0 Å². The number of benzene rings is 1. The molecule has 1 N–H and O–H groups in total. The standard InChI is InChI=1S/C23H35N3O4S/c1-3-4-13-24-22(27)20-6-5-14-25(17-20)23(28)19-7-9-21(10-8-19)31(29,30)26-15-11-18(2)12-16-26/h7-10,18,20H,3-6,11-17H2,1-2H3,(H,24,27). The molecule has 3 rings (SSSR count).